The molecule has 0 aliphatic carbocycles. The van der Waals surface area contributed by atoms with Gasteiger partial charge in [0.25, 0.3) is 11.8 Å². The third-order valence-corrected chi connectivity index (χ3v) is 5.44. The second-order valence-corrected chi connectivity index (χ2v) is 7.66. The van der Waals surface area contributed by atoms with Gasteiger partial charge in [-0.1, -0.05) is 17.3 Å². The summed E-state index contributed by atoms with van der Waals surface area (Å²) in [5, 5.41) is 6.94. The maximum absolute atomic E-state index is 13.7. The minimum Gasteiger partial charge on any atom is -0.459 e. The van der Waals surface area contributed by atoms with E-state index in [4.69, 9.17) is 13.7 Å². The van der Waals surface area contributed by atoms with Gasteiger partial charge in [-0.05, 0) is 49.2 Å². The van der Waals surface area contributed by atoms with Gasteiger partial charge >= 0.3 is 5.97 Å². The molecule has 1 amide bonds. The Kier molecular flexibility index (Phi) is 5.63. The number of benzene rings is 1. The van der Waals surface area contributed by atoms with E-state index in [1.165, 1.54) is 18.4 Å². The zero-order chi connectivity index (χ0) is 22.0. The van der Waals surface area contributed by atoms with Crippen molar-refractivity contribution in [1.29, 1.82) is 0 Å². The molecule has 0 radical (unpaired) electrons. The van der Waals surface area contributed by atoms with E-state index in [-0.39, 0.29) is 29.9 Å². The third-order valence-electron chi connectivity index (χ3n) is 4.31. The molecule has 158 valence electrons. The van der Waals surface area contributed by atoms with Crippen molar-refractivity contribution in [3.05, 3.63) is 76.1 Å². The lowest BCUT2D eigenvalue weighted by Gasteiger charge is -2.00. The van der Waals surface area contributed by atoms with Crippen molar-refractivity contribution in [3.8, 4) is 11.4 Å². The molecule has 0 bridgehead atoms. The average molecular weight is 441 g/mol. The lowest BCUT2D eigenvalue weighted by atomic mass is 10.1. The fraction of sp³-hybridized carbons (Fsp3) is 0.143. The first-order chi connectivity index (χ1) is 14.9. The Balaban J connectivity index is 1.39. The number of nitrogens with one attached hydrogen (secondary N) is 1. The van der Waals surface area contributed by atoms with E-state index in [9.17, 15) is 14.0 Å². The number of furan rings is 1. The number of carbonyl (C=O) groups excluding carboxylic acids is 2. The van der Waals surface area contributed by atoms with Gasteiger partial charge in [-0.15, -0.1) is 11.3 Å². The summed E-state index contributed by atoms with van der Waals surface area (Å²) in [5.41, 5.74) is 1.61. The number of carbonyl (C=O) groups is 2. The molecule has 0 fully saturated rings. The summed E-state index contributed by atoms with van der Waals surface area (Å²) >= 11 is 1.08. The number of amides is 1. The summed E-state index contributed by atoms with van der Waals surface area (Å²) in [5.74, 6) is -0.960. The van der Waals surface area contributed by atoms with Crippen LogP contribution in [0, 0.1) is 19.7 Å². The van der Waals surface area contributed by atoms with Crippen molar-refractivity contribution < 1.29 is 27.7 Å². The first-order valence-electron chi connectivity index (χ1n) is 9.12. The van der Waals surface area contributed by atoms with Crippen LogP contribution in [0.25, 0.3) is 11.4 Å². The number of hydrogen-bond acceptors (Lipinski definition) is 8. The molecule has 4 rings (SSSR count). The fourth-order valence-electron chi connectivity index (χ4n) is 2.68. The smallest absolute Gasteiger partial charge is 0.349 e. The number of ether oxygens (including phenoxy) is 1. The quantitative estimate of drug-likeness (QED) is 0.430. The Morgan fingerprint density at radius 2 is 2.03 bits per heavy atom. The summed E-state index contributed by atoms with van der Waals surface area (Å²) in [6.07, 6.45) is 1.40. The number of thiophene rings is 1. The lowest BCUT2D eigenvalue weighted by Crippen LogP contribution is -2.09. The molecule has 8 nitrogen and oxygen atoms in total. The summed E-state index contributed by atoms with van der Waals surface area (Å²) in [7, 11) is 0. The molecule has 3 aromatic heterocycles. The molecule has 0 unspecified atom stereocenters. The number of anilines is 1. The standard InChI is InChI=1S/C21H16FN3O5S/c1-11-5-6-13(9-14(11)22)19-23-16(30-25-19)10-29-21(27)18-12(2)8-17(31-18)24-20(26)15-4-3-7-28-15/h3-9H,10H2,1-2H3,(H,24,26). The molecule has 0 atom stereocenters. The van der Waals surface area contributed by atoms with Crippen molar-refractivity contribution >= 4 is 28.2 Å². The largest absolute Gasteiger partial charge is 0.459 e. The summed E-state index contributed by atoms with van der Waals surface area (Å²) < 4.78 is 29.1. The van der Waals surface area contributed by atoms with Crippen LogP contribution in [0.15, 0.2) is 51.6 Å². The van der Waals surface area contributed by atoms with Crippen molar-refractivity contribution in [2.24, 2.45) is 0 Å². The van der Waals surface area contributed by atoms with Gasteiger partial charge in [0.1, 0.15) is 10.7 Å². The molecule has 1 N–H and O–H groups in total. The van der Waals surface area contributed by atoms with Gasteiger partial charge < -0.3 is 19.0 Å². The topological polar surface area (TPSA) is 107 Å². The highest BCUT2D eigenvalue weighted by Gasteiger charge is 2.19. The van der Waals surface area contributed by atoms with Crippen LogP contribution in [0.3, 0.4) is 0 Å². The number of hydrogen-bond donors (Lipinski definition) is 1. The maximum Gasteiger partial charge on any atom is 0.349 e. The average Bonchev–Trinajstić information content (AvgIpc) is 3.49. The highest BCUT2D eigenvalue weighted by atomic mass is 32.1. The molecule has 0 spiro atoms. The second kappa shape index (κ2) is 8.52. The van der Waals surface area contributed by atoms with Crippen LogP contribution in [0.4, 0.5) is 9.39 Å². The number of aryl methyl sites for hydroxylation is 2. The van der Waals surface area contributed by atoms with E-state index in [0.717, 1.165) is 11.3 Å². The van der Waals surface area contributed by atoms with E-state index in [2.05, 4.69) is 15.5 Å². The zero-order valence-electron chi connectivity index (χ0n) is 16.5. The van der Waals surface area contributed by atoms with Gasteiger partial charge in [0.05, 0.1) is 11.3 Å². The number of halogens is 1. The van der Waals surface area contributed by atoms with Crippen molar-refractivity contribution in [1.82, 2.24) is 10.1 Å². The van der Waals surface area contributed by atoms with Crippen molar-refractivity contribution in [3.63, 3.8) is 0 Å². The van der Waals surface area contributed by atoms with Crippen LogP contribution >= 0.6 is 11.3 Å². The van der Waals surface area contributed by atoms with Crippen LogP contribution in [-0.2, 0) is 11.3 Å². The Morgan fingerprint density at radius 3 is 2.77 bits per heavy atom. The Morgan fingerprint density at radius 1 is 1.19 bits per heavy atom. The first kappa shape index (κ1) is 20.5. The SMILES string of the molecule is Cc1ccc(-c2noc(COC(=O)c3sc(NC(=O)c4ccco4)cc3C)n2)cc1F. The van der Waals surface area contributed by atoms with Crippen LogP contribution in [0.2, 0.25) is 0 Å². The molecule has 31 heavy (non-hydrogen) atoms. The van der Waals surface area contributed by atoms with E-state index in [1.807, 2.05) is 0 Å². The maximum atomic E-state index is 13.7. The molecular weight excluding hydrogens is 425 g/mol. The van der Waals surface area contributed by atoms with E-state index in [1.54, 1.807) is 38.1 Å². The molecule has 10 heteroatoms. The third kappa shape index (κ3) is 4.53. The molecule has 1 aromatic carbocycles. The van der Waals surface area contributed by atoms with Gasteiger partial charge in [0, 0.05) is 5.56 Å². The van der Waals surface area contributed by atoms with E-state index < -0.39 is 11.9 Å². The van der Waals surface area contributed by atoms with Crippen LogP contribution in [-0.4, -0.2) is 22.0 Å². The second-order valence-electron chi connectivity index (χ2n) is 6.61. The van der Waals surface area contributed by atoms with Crippen LogP contribution < -0.4 is 5.32 Å². The number of esters is 1. The van der Waals surface area contributed by atoms with Crippen LogP contribution in [0.1, 0.15) is 37.2 Å². The Bertz CT molecular complexity index is 1250. The Hall–Kier alpha value is -3.79. The Labute approximate surface area is 179 Å². The molecule has 3 heterocycles. The van der Waals surface area contributed by atoms with E-state index in [0.29, 0.717) is 26.6 Å². The first-order valence-corrected chi connectivity index (χ1v) is 9.94. The monoisotopic (exact) mass is 441 g/mol. The minimum absolute atomic E-state index is 0.0740. The minimum atomic E-state index is -0.595. The molecule has 0 aliphatic heterocycles. The highest BCUT2D eigenvalue weighted by molar-refractivity contribution is 7.18. The normalized spacial score (nSPS) is 10.8. The molecule has 0 aliphatic rings. The molecule has 0 saturated heterocycles. The predicted octanol–water partition coefficient (Wildman–Crippen LogP) is 4.76. The van der Waals surface area contributed by atoms with Gasteiger partial charge in [-0.3, -0.25) is 4.79 Å². The van der Waals surface area contributed by atoms with Crippen molar-refractivity contribution in [2.45, 2.75) is 20.5 Å². The van der Waals surface area contributed by atoms with Gasteiger partial charge in [-0.25, -0.2) is 9.18 Å². The summed E-state index contributed by atoms with van der Waals surface area (Å²) in [4.78, 5) is 29.0. The number of aromatic nitrogens is 2. The number of rotatable bonds is 6. The molecule has 0 saturated carbocycles. The van der Waals surface area contributed by atoms with E-state index >= 15 is 0 Å². The molecular formula is C21H16FN3O5S. The van der Waals surface area contributed by atoms with Crippen LogP contribution in [0.5, 0.6) is 0 Å². The van der Waals surface area contributed by atoms with Gasteiger partial charge in [-0.2, -0.15) is 4.98 Å². The fourth-order valence-corrected chi connectivity index (χ4v) is 3.64. The zero-order valence-corrected chi connectivity index (χ0v) is 17.3. The number of nitrogens with zero attached hydrogens (tertiary/aromatic N) is 2. The summed E-state index contributed by atoms with van der Waals surface area (Å²) in [6, 6.07) is 9.40. The molecule has 4 aromatic rings. The highest BCUT2D eigenvalue weighted by Crippen LogP contribution is 2.28. The lowest BCUT2D eigenvalue weighted by molar-refractivity contribution is 0.0434. The van der Waals surface area contributed by atoms with Gasteiger partial charge in [0.2, 0.25) is 5.82 Å². The van der Waals surface area contributed by atoms with Crippen molar-refractivity contribution in [2.75, 3.05) is 5.32 Å². The predicted molar refractivity (Wildman–Crippen MR) is 109 cm³/mol. The summed E-state index contributed by atoms with van der Waals surface area (Å²) in [6.45, 7) is 3.14. The van der Waals surface area contributed by atoms with Gasteiger partial charge in [0.15, 0.2) is 12.4 Å².